The monoisotopic (exact) mass is 379 g/mol. The van der Waals surface area contributed by atoms with Crippen LogP contribution in [0.3, 0.4) is 0 Å². The van der Waals surface area contributed by atoms with Gasteiger partial charge in [0.2, 0.25) is 0 Å². The van der Waals surface area contributed by atoms with Gasteiger partial charge in [-0.25, -0.2) is 4.79 Å². The lowest BCUT2D eigenvalue weighted by Gasteiger charge is -2.30. The molecule has 27 heavy (non-hydrogen) atoms. The number of methoxy groups -OCH3 is 1. The minimum atomic E-state index is -0.942. The van der Waals surface area contributed by atoms with Crippen LogP contribution in [0.15, 0.2) is 18.2 Å². The van der Waals surface area contributed by atoms with Crippen molar-refractivity contribution in [2.24, 2.45) is 5.92 Å². The fourth-order valence-corrected chi connectivity index (χ4v) is 2.82. The molecule has 152 valence electrons. The molecule has 1 aromatic carbocycles. The van der Waals surface area contributed by atoms with Gasteiger partial charge in [0.1, 0.15) is 16.9 Å². The van der Waals surface area contributed by atoms with Crippen LogP contribution in [-0.4, -0.2) is 37.3 Å². The molecule has 0 bridgehead atoms. The Balaban J connectivity index is 3.10. The number of esters is 1. The zero-order valence-corrected chi connectivity index (χ0v) is 17.5. The lowest BCUT2D eigenvalue weighted by molar-refractivity contribution is -0.141. The van der Waals surface area contributed by atoms with Gasteiger partial charge in [-0.15, -0.1) is 0 Å². The van der Waals surface area contributed by atoms with E-state index in [4.69, 9.17) is 14.2 Å². The minimum Gasteiger partial charge on any atom is -0.490 e. The molecule has 1 unspecified atom stereocenters. The van der Waals surface area contributed by atoms with Gasteiger partial charge >= 0.3 is 5.97 Å². The minimum absolute atomic E-state index is 0.0920. The maximum absolute atomic E-state index is 12.9. The van der Waals surface area contributed by atoms with Crippen LogP contribution in [0, 0.1) is 5.92 Å². The quantitative estimate of drug-likeness (QED) is 0.609. The molecule has 0 saturated heterocycles. The average Bonchev–Trinajstić information content (AvgIpc) is 2.59. The third-order valence-electron chi connectivity index (χ3n) is 3.91. The molecule has 0 spiro atoms. The second kappa shape index (κ2) is 10.3. The molecule has 1 rings (SSSR count). The summed E-state index contributed by atoms with van der Waals surface area (Å²) in [5.74, 6) is -0.0426. The van der Waals surface area contributed by atoms with Gasteiger partial charge in [0.25, 0.3) is 5.91 Å². The molecule has 1 N–H and O–H groups in total. The third kappa shape index (κ3) is 6.86. The van der Waals surface area contributed by atoms with Crippen LogP contribution in [0.4, 0.5) is 5.69 Å². The molecule has 1 amide bonds. The molecule has 0 saturated carbocycles. The van der Waals surface area contributed by atoms with E-state index in [9.17, 15) is 9.59 Å². The van der Waals surface area contributed by atoms with Crippen LogP contribution in [0.25, 0.3) is 0 Å². The maximum Gasteiger partial charge on any atom is 0.341 e. The van der Waals surface area contributed by atoms with E-state index in [1.165, 1.54) is 7.11 Å². The van der Waals surface area contributed by atoms with Gasteiger partial charge in [-0.3, -0.25) is 4.79 Å². The number of nitrogens with one attached hydrogen (secondary N) is 1. The first kappa shape index (κ1) is 23.0. The molecule has 0 aromatic heterocycles. The van der Waals surface area contributed by atoms with Crippen LogP contribution >= 0.6 is 0 Å². The van der Waals surface area contributed by atoms with Crippen molar-refractivity contribution in [1.29, 1.82) is 0 Å². The van der Waals surface area contributed by atoms with Crippen molar-refractivity contribution >= 4 is 17.6 Å². The van der Waals surface area contributed by atoms with Gasteiger partial charge in [0, 0.05) is 12.3 Å². The van der Waals surface area contributed by atoms with E-state index in [0.717, 1.165) is 6.42 Å². The number of hydrogen-bond donors (Lipinski definition) is 1. The van der Waals surface area contributed by atoms with E-state index < -0.39 is 11.6 Å². The standard InChI is InChI=1S/C21H33NO5/c1-8-11-26-21(6,13-14(2)3)20(24)22-16-9-10-18(27-15(4)5)17(12-16)19(23)25-7/h9-10,12,14-15H,8,11,13H2,1-7H3,(H,22,24). The van der Waals surface area contributed by atoms with Gasteiger partial charge in [0.15, 0.2) is 0 Å². The molecule has 0 aliphatic rings. The van der Waals surface area contributed by atoms with Crippen molar-refractivity contribution in [2.75, 3.05) is 19.0 Å². The molecule has 1 atom stereocenters. The van der Waals surface area contributed by atoms with Crippen LogP contribution in [0.1, 0.15) is 64.7 Å². The van der Waals surface area contributed by atoms with Gasteiger partial charge in [0.05, 0.1) is 13.2 Å². The number of carbonyl (C=O) groups excluding carboxylic acids is 2. The molecule has 0 aliphatic heterocycles. The fourth-order valence-electron chi connectivity index (χ4n) is 2.82. The van der Waals surface area contributed by atoms with Crippen molar-refractivity contribution in [3.05, 3.63) is 23.8 Å². The average molecular weight is 379 g/mol. The SMILES string of the molecule is CCCOC(C)(CC(C)C)C(=O)Nc1ccc(OC(C)C)c(C(=O)OC)c1. The summed E-state index contributed by atoms with van der Waals surface area (Å²) in [7, 11) is 1.31. The van der Waals surface area contributed by atoms with E-state index in [1.807, 2.05) is 34.6 Å². The summed E-state index contributed by atoms with van der Waals surface area (Å²) in [5.41, 5.74) is -0.182. The Bertz CT molecular complexity index is 641. The summed E-state index contributed by atoms with van der Waals surface area (Å²) in [6, 6.07) is 4.93. The molecule has 6 nitrogen and oxygen atoms in total. The molecule has 0 heterocycles. The largest absolute Gasteiger partial charge is 0.490 e. The maximum atomic E-state index is 12.9. The van der Waals surface area contributed by atoms with Crippen molar-refractivity contribution < 1.29 is 23.8 Å². The molecule has 1 aromatic rings. The van der Waals surface area contributed by atoms with Crippen LogP contribution < -0.4 is 10.1 Å². The van der Waals surface area contributed by atoms with Crippen molar-refractivity contribution in [1.82, 2.24) is 0 Å². The number of benzene rings is 1. The summed E-state index contributed by atoms with van der Waals surface area (Å²) in [5, 5.41) is 2.87. The first-order valence-electron chi connectivity index (χ1n) is 9.47. The highest BCUT2D eigenvalue weighted by Gasteiger charge is 2.35. The Morgan fingerprint density at radius 1 is 1.19 bits per heavy atom. The van der Waals surface area contributed by atoms with Gasteiger partial charge in [-0.1, -0.05) is 20.8 Å². The van der Waals surface area contributed by atoms with E-state index in [-0.39, 0.29) is 17.6 Å². The zero-order chi connectivity index (χ0) is 20.6. The Morgan fingerprint density at radius 3 is 2.37 bits per heavy atom. The van der Waals surface area contributed by atoms with Crippen LogP contribution in [-0.2, 0) is 14.3 Å². The van der Waals surface area contributed by atoms with E-state index in [0.29, 0.717) is 30.4 Å². The van der Waals surface area contributed by atoms with Crippen molar-refractivity contribution in [3.8, 4) is 5.75 Å². The summed E-state index contributed by atoms with van der Waals surface area (Å²) in [6.07, 6.45) is 1.33. The first-order valence-corrected chi connectivity index (χ1v) is 9.47. The second-order valence-electron chi connectivity index (χ2n) is 7.50. The highest BCUT2D eigenvalue weighted by atomic mass is 16.5. The predicted molar refractivity (Wildman–Crippen MR) is 106 cm³/mol. The van der Waals surface area contributed by atoms with Crippen molar-refractivity contribution in [3.63, 3.8) is 0 Å². The number of ether oxygens (including phenoxy) is 3. The van der Waals surface area contributed by atoms with E-state index in [2.05, 4.69) is 5.32 Å². The van der Waals surface area contributed by atoms with Gasteiger partial charge in [-0.05, 0) is 57.7 Å². The molecule has 6 heteroatoms. The Hall–Kier alpha value is -2.08. The summed E-state index contributed by atoms with van der Waals surface area (Å²) >= 11 is 0. The summed E-state index contributed by atoms with van der Waals surface area (Å²) < 4.78 is 16.4. The lowest BCUT2D eigenvalue weighted by atomic mass is 9.93. The van der Waals surface area contributed by atoms with Gasteiger partial charge < -0.3 is 19.5 Å². The van der Waals surface area contributed by atoms with Crippen LogP contribution in [0.2, 0.25) is 0 Å². The number of amides is 1. The highest BCUT2D eigenvalue weighted by Crippen LogP contribution is 2.27. The normalized spacial score (nSPS) is 13.4. The summed E-state index contributed by atoms with van der Waals surface area (Å²) in [4.78, 5) is 25.0. The van der Waals surface area contributed by atoms with Crippen LogP contribution in [0.5, 0.6) is 5.75 Å². The number of rotatable bonds is 10. The summed E-state index contributed by atoms with van der Waals surface area (Å²) in [6.45, 7) is 12.2. The molecule has 0 radical (unpaired) electrons. The number of hydrogen-bond acceptors (Lipinski definition) is 5. The Kier molecular flexibility index (Phi) is 8.76. The van der Waals surface area contributed by atoms with E-state index in [1.54, 1.807) is 25.1 Å². The number of carbonyl (C=O) groups is 2. The predicted octanol–water partition coefficient (Wildman–Crippen LogP) is 4.43. The Morgan fingerprint density at radius 2 is 1.85 bits per heavy atom. The second-order valence-corrected chi connectivity index (χ2v) is 7.50. The van der Waals surface area contributed by atoms with E-state index >= 15 is 0 Å². The fraction of sp³-hybridized carbons (Fsp3) is 0.619. The topological polar surface area (TPSA) is 73.9 Å². The smallest absolute Gasteiger partial charge is 0.341 e. The number of anilines is 1. The molecular formula is C21H33NO5. The third-order valence-corrected chi connectivity index (χ3v) is 3.91. The van der Waals surface area contributed by atoms with Crippen molar-refractivity contribution in [2.45, 2.75) is 66.1 Å². The lowest BCUT2D eigenvalue weighted by Crippen LogP contribution is -2.44. The highest BCUT2D eigenvalue weighted by molar-refractivity contribution is 5.99. The van der Waals surface area contributed by atoms with Gasteiger partial charge in [-0.2, -0.15) is 0 Å². The molecule has 0 aliphatic carbocycles. The Labute approximate surface area is 162 Å². The molecular weight excluding hydrogens is 346 g/mol. The molecule has 0 fully saturated rings. The first-order chi connectivity index (χ1) is 12.6. The zero-order valence-electron chi connectivity index (χ0n) is 17.5.